The Bertz CT molecular complexity index is 731. The van der Waals surface area contributed by atoms with Crippen molar-refractivity contribution >= 4 is 10.9 Å². The average Bonchev–Trinajstić information content (AvgIpc) is 2.54. The van der Waals surface area contributed by atoms with Crippen molar-refractivity contribution in [3.63, 3.8) is 0 Å². The molecule has 0 spiro atoms. The number of nitrogens with zero attached hydrogens (tertiary/aromatic N) is 1. The van der Waals surface area contributed by atoms with Crippen LogP contribution in [0.25, 0.3) is 10.9 Å². The minimum absolute atomic E-state index is 0.155. The van der Waals surface area contributed by atoms with Gasteiger partial charge in [0.25, 0.3) is 0 Å². The molecule has 2 heterocycles. The molecular formula is C17H21FN2O3. The molecule has 1 aliphatic rings. The SMILES string of the molecule is COCC[C@H]1CN(Cc2cc(=O)c3cc(F)ccc3[nH]2)CCO1. The van der Waals surface area contributed by atoms with Crippen molar-refractivity contribution in [2.45, 2.75) is 19.1 Å². The summed E-state index contributed by atoms with van der Waals surface area (Å²) in [5.41, 5.74) is 1.34. The Balaban J connectivity index is 1.73. The molecule has 0 unspecified atom stereocenters. The number of benzene rings is 1. The van der Waals surface area contributed by atoms with Crippen LogP contribution in [0.4, 0.5) is 4.39 Å². The Morgan fingerprint density at radius 3 is 3.13 bits per heavy atom. The van der Waals surface area contributed by atoms with Crippen LogP contribution in [0, 0.1) is 5.82 Å². The fourth-order valence-corrected chi connectivity index (χ4v) is 2.95. The van der Waals surface area contributed by atoms with Gasteiger partial charge in [0.15, 0.2) is 5.43 Å². The molecule has 1 aromatic heterocycles. The molecule has 0 radical (unpaired) electrons. The molecule has 2 aromatic rings. The molecule has 6 heteroatoms. The number of aromatic amines is 1. The van der Waals surface area contributed by atoms with Crippen molar-refractivity contribution in [1.29, 1.82) is 0 Å². The lowest BCUT2D eigenvalue weighted by Crippen LogP contribution is -2.42. The van der Waals surface area contributed by atoms with Gasteiger partial charge in [0.1, 0.15) is 5.82 Å². The Kier molecular flexibility index (Phi) is 5.05. The minimum Gasteiger partial charge on any atom is -0.385 e. The van der Waals surface area contributed by atoms with Gasteiger partial charge in [0.05, 0.1) is 12.7 Å². The Morgan fingerprint density at radius 2 is 2.30 bits per heavy atom. The van der Waals surface area contributed by atoms with E-state index in [1.807, 2.05) is 0 Å². The Hall–Kier alpha value is -1.76. The molecular weight excluding hydrogens is 299 g/mol. The van der Waals surface area contributed by atoms with Gasteiger partial charge in [-0.15, -0.1) is 0 Å². The van der Waals surface area contributed by atoms with E-state index in [0.29, 0.717) is 30.7 Å². The number of morpholine rings is 1. The van der Waals surface area contributed by atoms with Gasteiger partial charge in [-0.3, -0.25) is 9.69 Å². The van der Waals surface area contributed by atoms with Crippen molar-refractivity contribution in [3.05, 3.63) is 46.0 Å². The largest absolute Gasteiger partial charge is 0.385 e. The number of halogens is 1. The zero-order valence-corrected chi connectivity index (χ0v) is 13.2. The van der Waals surface area contributed by atoms with Crippen LogP contribution < -0.4 is 5.43 Å². The summed E-state index contributed by atoms with van der Waals surface area (Å²) in [6.07, 6.45) is 1.02. The van der Waals surface area contributed by atoms with Crippen LogP contribution in [0.5, 0.6) is 0 Å². The van der Waals surface area contributed by atoms with Gasteiger partial charge in [-0.05, 0) is 24.6 Å². The number of rotatable bonds is 5. The first-order chi connectivity index (χ1) is 11.2. The molecule has 1 saturated heterocycles. The summed E-state index contributed by atoms with van der Waals surface area (Å²) in [6.45, 7) is 3.64. The van der Waals surface area contributed by atoms with E-state index >= 15 is 0 Å². The molecule has 0 saturated carbocycles. The number of hydrogen-bond donors (Lipinski definition) is 1. The third kappa shape index (κ3) is 3.96. The second-order valence-electron chi connectivity index (χ2n) is 5.86. The lowest BCUT2D eigenvalue weighted by atomic mass is 10.1. The van der Waals surface area contributed by atoms with Crippen LogP contribution in [0.2, 0.25) is 0 Å². The maximum Gasteiger partial charge on any atom is 0.189 e. The van der Waals surface area contributed by atoms with Crippen LogP contribution in [0.1, 0.15) is 12.1 Å². The van der Waals surface area contributed by atoms with Crippen LogP contribution in [0.15, 0.2) is 29.1 Å². The fourth-order valence-electron chi connectivity index (χ4n) is 2.95. The number of methoxy groups -OCH3 is 1. The van der Waals surface area contributed by atoms with Crippen molar-refractivity contribution in [2.75, 3.05) is 33.4 Å². The average molecular weight is 320 g/mol. The monoisotopic (exact) mass is 320 g/mol. The number of pyridine rings is 1. The highest BCUT2D eigenvalue weighted by Crippen LogP contribution is 2.14. The van der Waals surface area contributed by atoms with E-state index in [1.54, 1.807) is 19.2 Å². The van der Waals surface area contributed by atoms with Crippen molar-refractivity contribution in [1.82, 2.24) is 9.88 Å². The van der Waals surface area contributed by atoms with Gasteiger partial charge < -0.3 is 14.5 Å². The van der Waals surface area contributed by atoms with E-state index in [0.717, 1.165) is 25.2 Å². The first kappa shape index (κ1) is 16.1. The topological polar surface area (TPSA) is 54.6 Å². The van der Waals surface area contributed by atoms with E-state index in [-0.39, 0.29) is 11.5 Å². The molecule has 3 rings (SSSR count). The molecule has 5 nitrogen and oxygen atoms in total. The lowest BCUT2D eigenvalue weighted by molar-refractivity contribution is -0.0435. The molecule has 23 heavy (non-hydrogen) atoms. The fraction of sp³-hybridized carbons (Fsp3) is 0.471. The number of hydrogen-bond acceptors (Lipinski definition) is 4. The highest BCUT2D eigenvalue weighted by Gasteiger charge is 2.20. The summed E-state index contributed by atoms with van der Waals surface area (Å²) in [4.78, 5) is 17.6. The minimum atomic E-state index is -0.398. The summed E-state index contributed by atoms with van der Waals surface area (Å²) < 4.78 is 24.1. The van der Waals surface area contributed by atoms with E-state index in [9.17, 15) is 9.18 Å². The van der Waals surface area contributed by atoms with Gasteiger partial charge in [-0.25, -0.2) is 4.39 Å². The van der Waals surface area contributed by atoms with Crippen LogP contribution in [0.3, 0.4) is 0 Å². The van der Waals surface area contributed by atoms with Crippen LogP contribution in [-0.4, -0.2) is 49.4 Å². The summed E-state index contributed by atoms with van der Waals surface area (Å²) in [6, 6.07) is 5.79. The van der Waals surface area contributed by atoms with Gasteiger partial charge in [0, 0.05) is 56.0 Å². The summed E-state index contributed by atoms with van der Waals surface area (Å²) in [5, 5.41) is 0.383. The highest BCUT2D eigenvalue weighted by atomic mass is 19.1. The maximum absolute atomic E-state index is 13.2. The smallest absolute Gasteiger partial charge is 0.189 e. The van der Waals surface area contributed by atoms with Crippen molar-refractivity contribution in [3.8, 4) is 0 Å². The first-order valence-electron chi connectivity index (χ1n) is 7.80. The second kappa shape index (κ2) is 7.21. The molecule has 1 aromatic carbocycles. The van der Waals surface area contributed by atoms with Gasteiger partial charge >= 0.3 is 0 Å². The number of aromatic nitrogens is 1. The number of ether oxygens (including phenoxy) is 2. The molecule has 0 amide bonds. The quantitative estimate of drug-likeness (QED) is 0.914. The zero-order chi connectivity index (χ0) is 16.2. The summed E-state index contributed by atoms with van der Waals surface area (Å²) >= 11 is 0. The molecule has 1 fully saturated rings. The van der Waals surface area contributed by atoms with Crippen LogP contribution in [-0.2, 0) is 16.0 Å². The number of H-pyrrole nitrogens is 1. The Morgan fingerprint density at radius 1 is 1.43 bits per heavy atom. The highest BCUT2D eigenvalue weighted by molar-refractivity contribution is 5.78. The second-order valence-corrected chi connectivity index (χ2v) is 5.86. The van der Waals surface area contributed by atoms with Gasteiger partial charge in [-0.2, -0.15) is 0 Å². The summed E-state index contributed by atoms with van der Waals surface area (Å²) in [5.74, 6) is -0.398. The number of fused-ring (bicyclic) bond motifs is 1. The normalized spacial score (nSPS) is 19.3. The summed E-state index contributed by atoms with van der Waals surface area (Å²) in [7, 11) is 1.68. The molecule has 1 aliphatic heterocycles. The Labute approximate surface area is 134 Å². The third-order valence-corrected chi connectivity index (χ3v) is 4.11. The third-order valence-electron chi connectivity index (χ3n) is 4.11. The van der Waals surface area contributed by atoms with E-state index < -0.39 is 5.82 Å². The number of nitrogens with one attached hydrogen (secondary N) is 1. The van der Waals surface area contributed by atoms with Gasteiger partial charge in [-0.1, -0.05) is 0 Å². The standard InChI is InChI=1S/C17H21FN2O3/c1-22-6-4-14-11-20(5-7-23-14)10-13-9-17(21)15-8-12(18)2-3-16(15)19-13/h2-3,8-9,14H,4-7,10-11H2,1H3,(H,19,21)/t14-/m0/s1. The molecule has 124 valence electrons. The van der Waals surface area contributed by atoms with Gasteiger partial charge in [0.2, 0.25) is 0 Å². The van der Waals surface area contributed by atoms with Crippen molar-refractivity contribution < 1.29 is 13.9 Å². The van der Waals surface area contributed by atoms with Crippen LogP contribution >= 0.6 is 0 Å². The molecule has 0 bridgehead atoms. The molecule has 1 atom stereocenters. The van der Waals surface area contributed by atoms with E-state index in [4.69, 9.17) is 9.47 Å². The predicted molar refractivity (Wildman–Crippen MR) is 86.0 cm³/mol. The first-order valence-corrected chi connectivity index (χ1v) is 7.80. The van der Waals surface area contributed by atoms with E-state index in [1.165, 1.54) is 12.1 Å². The molecule has 1 N–H and O–H groups in total. The van der Waals surface area contributed by atoms with E-state index in [2.05, 4.69) is 9.88 Å². The lowest BCUT2D eigenvalue weighted by Gasteiger charge is -2.32. The maximum atomic E-state index is 13.2. The predicted octanol–water partition coefficient (Wildman–Crippen LogP) is 1.90. The molecule has 0 aliphatic carbocycles. The van der Waals surface area contributed by atoms with Crippen molar-refractivity contribution in [2.24, 2.45) is 0 Å². The zero-order valence-electron chi connectivity index (χ0n) is 13.2.